The number of aryl methyl sites for hydroxylation is 2. The van der Waals surface area contributed by atoms with Crippen molar-refractivity contribution in [2.24, 2.45) is 0 Å². The quantitative estimate of drug-likeness (QED) is 0.0801. The molecule has 2 aliphatic heterocycles. The number of carbonyl (C=O) groups excluding carboxylic acids is 1. The number of sulfonamides is 2. The third-order valence-electron chi connectivity index (χ3n) is 15.7. The van der Waals surface area contributed by atoms with Gasteiger partial charge in [0.2, 0.25) is 20.0 Å². The van der Waals surface area contributed by atoms with E-state index in [0.717, 1.165) is 44.0 Å². The summed E-state index contributed by atoms with van der Waals surface area (Å²) in [4.78, 5) is 28.0. The van der Waals surface area contributed by atoms with E-state index < -0.39 is 26.0 Å². The van der Waals surface area contributed by atoms with E-state index in [9.17, 15) is 31.5 Å². The van der Waals surface area contributed by atoms with Gasteiger partial charge in [-0.15, -0.1) is 0 Å². The Labute approximate surface area is 486 Å². The lowest BCUT2D eigenvalue weighted by Crippen LogP contribution is -2.47. The average Bonchev–Trinajstić information content (AvgIpc) is 3.71. The maximum atomic E-state index is 14.4. The van der Waals surface area contributed by atoms with E-state index in [1.54, 1.807) is 97.7 Å². The number of hydrogen-bond donors (Lipinski definition) is 1. The second-order valence-electron chi connectivity index (χ2n) is 20.7. The van der Waals surface area contributed by atoms with Crippen molar-refractivity contribution < 1.29 is 55.2 Å². The van der Waals surface area contributed by atoms with Crippen molar-refractivity contribution in [1.82, 2.24) is 8.61 Å². The molecule has 0 atom stereocenters. The molecule has 0 amide bonds. The molecule has 0 spiro atoms. The molecular formula is C65H70N4O12S2. The summed E-state index contributed by atoms with van der Waals surface area (Å²) in [6.07, 6.45) is 2.46. The molecule has 10 rings (SSSR count). The fraction of sp³-hybridized carbons (Fsp3) is 0.292. The Hall–Kier alpha value is -8.16. The van der Waals surface area contributed by atoms with Gasteiger partial charge in [-0.25, -0.2) is 26.4 Å². The number of hydrogen-bond acceptors (Lipinski definition) is 13. The molecule has 0 saturated carbocycles. The van der Waals surface area contributed by atoms with Crippen LogP contribution in [-0.2, 0) is 37.9 Å². The number of aromatic carboxylic acids is 1. The lowest BCUT2D eigenvalue weighted by molar-refractivity contribution is 0.0599. The van der Waals surface area contributed by atoms with Gasteiger partial charge < -0.3 is 38.6 Å². The number of fused-ring (bicyclic) bond motifs is 2. The number of ether oxygens (including phenoxy) is 5. The molecule has 16 nitrogen and oxygen atoms in total. The minimum absolute atomic E-state index is 0.0970. The maximum Gasteiger partial charge on any atom is 0.337 e. The summed E-state index contributed by atoms with van der Waals surface area (Å²) in [6, 6.07) is 47.2. The smallest absolute Gasteiger partial charge is 0.337 e. The summed E-state index contributed by atoms with van der Waals surface area (Å²) < 4.78 is 88.4. The normalized spacial score (nSPS) is 14.3. The maximum absolute atomic E-state index is 14.4. The standard InChI is InChI=1S/C33H36N2O6S.C32H34N2O6S/c1-23-19-31(39-2)30(32(20-23)40-3)22-35(42(37,38)29-14-11-24-7-5-6-8-26(24)21-29)28-15-17-34(18-16-28)27-12-9-25(10-13-27)33(36)41-4;1-22-18-30(39-2)29(31(19-22)40-3)21-34(41(37,38)28-13-10-23-6-4-5-7-25(23)20-28)27-14-16-33(17-15-27)26-11-8-24(9-12-26)32(35)36/h5-14,19-21,28H,15-18,22H2,1-4H3;4-13,18-20,27H,14-17,21H2,1-3H3,(H,35,36). The van der Waals surface area contributed by atoms with Gasteiger partial charge in [-0.3, -0.25) is 0 Å². The first-order valence-corrected chi connectivity index (χ1v) is 30.3. The van der Waals surface area contributed by atoms with Gasteiger partial charge in [0.1, 0.15) is 23.0 Å². The molecule has 18 heteroatoms. The van der Waals surface area contributed by atoms with Crippen LogP contribution >= 0.6 is 0 Å². The van der Waals surface area contributed by atoms with Crippen LogP contribution in [0, 0.1) is 13.8 Å². The van der Waals surface area contributed by atoms with E-state index in [2.05, 4.69) is 9.80 Å². The SMILES string of the molecule is COC(=O)c1ccc(N2CCC(N(Cc3c(OC)cc(C)cc3OC)S(=O)(=O)c3ccc4ccccc4c3)CC2)cc1.COc1cc(C)cc(OC)c1CN(C1CCN(c2ccc(C(=O)O)cc2)CC1)S(=O)(=O)c1ccc2ccccc2c1. The topological polar surface area (TPSA) is 182 Å². The van der Waals surface area contributed by atoms with Crippen molar-refractivity contribution in [3.8, 4) is 23.0 Å². The molecule has 2 heterocycles. The first-order valence-electron chi connectivity index (χ1n) is 27.4. The van der Waals surface area contributed by atoms with Gasteiger partial charge in [-0.1, -0.05) is 60.7 Å². The zero-order valence-electron chi connectivity index (χ0n) is 47.8. The van der Waals surface area contributed by atoms with Crippen molar-refractivity contribution in [3.05, 3.63) is 191 Å². The Morgan fingerprint density at radius 3 is 1.13 bits per heavy atom. The molecule has 0 unspecified atom stereocenters. The van der Waals surface area contributed by atoms with Crippen LogP contribution in [0.1, 0.15) is 68.7 Å². The summed E-state index contributed by atoms with van der Waals surface area (Å²) in [7, 11) is -0.117. The molecular weight excluding hydrogens is 1090 g/mol. The monoisotopic (exact) mass is 1160 g/mol. The number of piperidine rings is 2. The second-order valence-corrected chi connectivity index (χ2v) is 24.5. The third kappa shape index (κ3) is 13.2. The zero-order chi connectivity index (χ0) is 59.0. The minimum atomic E-state index is -3.91. The molecule has 8 aromatic rings. The van der Waals surface area contributed by atoms with Crippen molar-refractivity contribution in [1.29, 1.82) is 0 Å². The van der Waals surface area contributed by atoms with Crippen LogP contribution in [-0.4, -0.2) is 116 Å². The van der Waals surface area contributed by atoms with E-state index in [1.165, 1.54) is 7.11 Å². The summed E-state index contributed by atoms with van der Waals surface area (Å²) in [6.45, 7) is 6.68. The highest BCUT2D eigenvalue weighted by Crippen LogP contribution is 2.39. The Morgan fingerprint density at radius 1 is 0.470 bits per heavy atom. The summed E-state index contributed by atoms with van der Waals surface area (Å²) in [5, 5.41) is 12.9. The molecule has 0 bridgehead atoms. The molecule has 83 heavy (non-hydrogen) atoms. The van der Waals surface area contributed by atoms with Gasteiger partial charge >= 0.3 is 11.9 Å². The number of rotatable bonds is 18. The van der Waals surface area contributed by atoms with Crippen LogP contribution in [0.25, 0.3) is 21.5 Å². The van der Waals surface area contributed by atoms with Gasteiger partial charge in [0.05, 0.1) is 67.6 Å². The summed E-state index contributed by atoms with van der Waals surface area (Å²) in [5.74, 6) is 0.999. The number of carboxylic acid groups (broad SMARTS) is 1. The molecule has 8 aromatic carbocycles. The van der Waals surface area contributed by atoms with Gasteiger partial charge in [0, 0.05) is 62.7 Å². The van der Waals surface area contributed by atoms with Crippen LogP contribution in [0.3, 0.4) is 0 Å². The Kier molecular flexibility index (Phi) is 18.6. The van der Waals surface area contributed by atoms with Crippen LogP contribution in [0.2, 0.25) is 0 Å². The lowest BCUT2D eigenvalue weighted by Gasteiger charge is -2.39. The van der Waals surface area contributed by atoms with Crippen molar-refractivity contribution in [2.45, 2.75) is 74.5 Å². The van der Waals surface area contributed by atoms with Crippen LogP contribution < -0.4 is 28.7 Å². The van der Waals surface area contributed by atoms with Crippen molar-refractivity contribution in [2.75, 3.05) is 71.5 Å². The third-order valence-corrected chi connectivity index (χ3v) is 19.5. The summed E-state index contributed by atoms with van der Waals surface area (Å²) >= 11 is 0. The largest absolute Gasteiger partial charge is 0.496 e. The average molecular weight is 1160 g/mol. The molecule has 0 radical (unpaired) electrons. The van der Waals surface area contributed by atoms with E-state index in [0.29, 0.717) is 91.6 Å². The highest BCUT2D eigenvalue weighted by Gasteiger charge is 2.38. The molecule has 2 saturated heterocycles. The number of anilines is 2. The first-order chi connectivity index (χ1) is 39.9. The van der Waals surface area contributed by atoms with E-state index in [4.69, 9.17) is 23.7 Å². The number of methoxy groups -OCH3 is 5. The molecule has 434 valence electrons. The van der Waals surface area contributed by atoms with Crippen LogP contribution in [0.4, 0.5) is 11.4 Å². The van der Waals surface area contributed by atoms with E-state index in [1.807, 2.05) is 111 Å². The first kappa shape index (κ1) is 59.5. The number of carboxylic acids is 1. The van der Waals surface area contributed by atoms with Gasteiger partial charge in [0.25, 0.3) is 0 Å². The van der Waals surface area contributed by atoms with Gasteiger partial charge in [0.15, 0.2) is 0 Å². The van der Waals surface area contributed by atoms with E-state index >= 15 is 0 Å². The number of carbonyl (C=O) groups is 2. The van der Waals surface area contributed by atoms with Crippen molar-refractivity contribution >= 4 is 64.9 Å². The second kappa shape index (κ2) is 26.0. The molecule has 2 fully saturated rings. The Bertz CT molecular complexity index is 3790. The zero-order valence-corrected chi connectivity index (χ0v) is 49.4. The fourth-order valence-electron chi connectivity index (χ4n) is 11.2. The van der Waals surface area contributed by atoms with Crippen LogP contribution in [0.15, 0.2) is 168 Å². The number of esters is 1. The highest BCUT2D eigenvalue weighted by molar-refractivity contribution is 7.89. The lowest BCUT2D eigenvalue weighted by atomic mass is 10.0. The molecule has 0 aromatic heterocycles. The van der Waals surface area contributed by atoms with E-state index in [-0.39, 0.29) is 46.5 Å². The van der Waals surface area contributed by atoms with Crippen molar-refractivity contribution in [3.63, 3.8) is 0 Å². The summed E-state index contributed by atoms with van der Waals surface area (Å²) in [5.41, 5.74) is 5.90. The molecule has 0 aliphatic carbocycles. The molecule has 1 N–H and O–H groups in total. The Balaban J connectivity index is 0.000000200. The fourth-order valence-corrected chi connectivity index (χ4v) is 14.5. The highest BCUT2D eigenvalue weighted by atomic mass is 32.2. The number of nitrogens with zero attached hydrogens (tertiary/aromatic N) is 4. The predicted molar refractivity (Wildman–Crippen MR) is 324 cm³/mol. The predicted octanol–water partition coefficient (Wildman–Crippen LogP) is 11.5. The molecule has 2 aliphatic rings. The van der Waals surface area contributed by atoms with Gasteiger partial charge in [-0.05, 0) is 169 Å². The van der Waals surface area contributed by atoms with Gasteiger partial charge in [-0.2, -0.15) is 8.61 Å². The number of benzene rings is 8. The van der Waals surface area contributed by atoms with Crippen LogP contribution in [0.5, 0.6) is 23.0 Å². The minimum Gasteiger partial charge on any atom is -0.496 e. The Morgan fingerprint density at radius 2 is 0.807 bits per heavy atom.